The highest BCUT2D eigenvalue weighted by Crippen LogP contribution is 2.33. The Morgan fingerprint density at radius 2 is 2.17 bits per heavy atom. The Balaban J connectivity index is 1.72. The molecule has 14 heteroatoms. The SMILES string of the molecule is Nc1nc([C@H](NC(=S)SCC(=O)O)C(=O)N[C@@H]2C(=O)N3C(C(=O)O)=CCC[C@H]23)cs1. The van der Waals surface area contributed by atoms with E-state index in [1.807, 2.05) is 0 Å². The molecule has 0 aromatic carbocycles. The Morgan fingerprint density at radius 1 is 1.43 bits per heavy atom. The molecule has 0 unspecified atom stereocenters. The molecule has 2 amide bonds. The van der Waals surface area contributed by atoms with E-state index in [2.05, 4.69) is 15.6 Å². The molecular formula is C16H17N5O6S3. The van der Waals surface area contributed by atoms with Gasteiger partial charge in [0.05, 0.1) is 17.5 Å². The van der Waals surface area contributed by atoms with Crippen LogP contribution in [0.15, 0.2) is 17.2 Å². The lowest BCUT2D eigenvalue weighted by molar-refractivity contribution is -0.155. The van der Waals surface area contributed by atoms with Gasteiger partial charge in [0, 0.05) is 5.38 Å². The first-order valence-corrected chi connectivity index (χ1v) is 10.9. The lowest BCUT2D eigenvalue weighted by Gasteiger charge is -2.49. The number of nitrogen functional groups attached to an aromatic ring is 1. The Kier molecular flexibility index (Phi) is 6.58. The number of β-lactam (4-membered cyclic amide) rings is 1. The summed E-state index contributed by atoms with van der Waals surface area (Å²) in [5.74, 6) is -3.68. The minimum absolute atomic E-state index is 0.0689. The molecule has 0 saturated carbocycles. The van der Waals surface area contributed by atoms with Crippen LogP contribution in [-0.4, -0.2) is 66.0 Å². The molecule has 2 aliphatic heterocycles. The summed E-state index contributed by atoms with van der Waals surface area (Å²) >= 11 is 7.04. The summed E-state index contributed by atoms with van der Waals surface area (Å²) in [4.78, 5) is 52.7. The van der Waals surface area contributed by atoms with E-state index in [-0.39, 0.29) is 26.6 Å². The number of nitrogens with two attached hydrogens (primary N) is 1. The number of fused-ring (bicyclic) bond motifs is 1. The normalized spacial score (nSPS) is 21.0. The fourth-order valence-corrected chi connectivity index (χ4v) is 4.54. The van der Waals surface area contributed by atoms with Gasteiger partial charge in [0.25, 0.3) is 5.91 Å². The van der Waals surface area contributed by atoms with Crippen molar-refractivity contribution in [2.75, 3.05) is 11.5 Å². The van der Waals surface area contributed by atoms with Gasteiger partial charge >= 0.3 is 11.9 Å². The number of hydrogen-bond acceptors (Lipinski definition) is 9. The highest BCUT2D eigenvalue weighted by molar-refractivity contribution is 8.23. The smallest absolute Gasteiger partial charge is 0.352 e. The standard InChI is InChI=1S/C16H17N5O6S3/c17-15-18-6(4-29-15)10(20-16(28)30-5-9(22)23)12(24)19-11-7-2-1-3-8(14(26)27)21(7)13(11)25/h3-4,7,10-11H,1-2,5H2,(H2,17,18)(H,19,24)(H,20,28)(H,22,23)(H,26,27)/t7-,10+,11+/m1/s1. The third-order valence-corrected chi connectivity index (χ3v) is 6.42. The molecule has 3 atom stereocenters. The number of thiocarbonyl (C=S) groups is 1. The number of carbonyl (C=O) groups excluding carboxylic acids is 2. The van der Waals surface area contributed by atoms with Gasteiger partial charge in [-0.3, -0.25) is 19.3 Å². The second-order valence-corrected chi connectivity index (χ2v) is 8.93. The fraction of sp³-hybridized carbons (Fsp3) is 0.375. The number of aromatic nitrogens is 1. The van der Waals surface area contributed by atoms with Crippen molar-refractivity contribution in [2.24, 2.45) is 0 Å². The van der Waals surface area contributed by atoms with Crippen LogP contribution in [0.5, 0.6) is 0 Å². The van der Waals surface area contributed by atoms with Gasteiger partial charge in [-0.25, -0.2) is 9.78 Å². The van der Waals surface area contributed by atoms with Gasteiger partial charge in [-0.1, -0.05) is 30.1 Å². The summed E-state index contributed by atoms with van der Waals surface area (Å²) in [5, 5.41) is 25.2. The molecule has 30 heavy (non-hydrogen) atoms. The van der Waals surface area contributed by atoms with E-state index in [4.69, 9.17) is 23.1 Å². The molecule has 6 N–H and O–H groups in total. The number of carbonyl (C=O) groups is 4. The third-order valence-electron chi connectivity index (χ3n) is 4.48. The van der Waals surface area contributed by atoms with Gasteiger partial charge in [-0.2, -0.15) is 0 Å². The molecule has 0 spiro atoms. The number of nitrogens with zero attached hydrogens (tertiary/aromatic N) is 2. The van der Waals surface area contributed by atoms with Gasteiger partial charge in [-0.05, 0) is 12.8 Å². The maximum Gasteiger partial charge on any atom is 0.352 e. The zero-order valence-corrected chi connectivity index (χ0v) is 17.7. The molecule has 1 aromatic heterocycles. The van der Waals surface area contributed by atoms with Crippen molar-refractivity contribution in [1.82, 2.24) is 20.5 Å². The molecule has 2 aliphatic rings. The van der Waals surface area contributed by atoms with Crippen molar-refractivity contribution in [1.29, 1.82) is 0 Å². The van der Waals surface area contributed by atoms with Crippen LogP contribution < -0.4 is 16.4 Å². The number of rotatable bonds is 7. The third kappa shape index (κ3) is 4.55. The van der Waals surface area contributed by atoms with Crippen LogP contribution in [-0.2, 0) is 19.2 Å². The molecule has 1 saturated heterocycles. The van der Waals surface area contributed by atoms with Gasteiger partial charge in [-0.15, -0.1) is 11.3 Å². The molecule has 11 nitrogen and oxygen atoms in total. The van der Waals surface area contributed by atoms with Crippen LogP contribution in [0.25, 0.3) is 0 Å². The second kappa shape index (κ2) is 8.97. The number of carboxylic acid groups (broad SMARTS) is 2. The number of allylic oxidation sites excluding steroid dienone is 1. The topological polar surface area (TPSA) is 175 Å². The molecule has 3 rings (SSSR count). The molecule has 0 radical (unpaired) electrons. The maximum absolute atomic E-state index is 12.9. The molecule has 1 fully saturated rings. The lowest BCUT2D eigenvalue weighted by atomic mass is 9.86. The number of carboxylic acids is 2. The minimum Gasteiger partial charge on any atom is -0.481 e. The summed E-state index contributed by atoms with van der Waals surface area (Å²) in [6.07, 6.45) is 2.47. The first kappa shape index (κ1) is 22.0. The molecule has 3 heterocycles. The van der Waals surface area contributed by atoms with E-state index < -0.39 is 41.9 Å². The van der Waals surface area contributed by atoms with E-state index in [0.29, 0.717) is 12.8 Å². The Hall–Kier alpha value is -2.71. The first-order valence-electron chi connectivity index (χ1n) is 8.62. The quantitative estimate of drug-likeness (QED) is 0.265. The predicted molar refractivity (Wildman–Crippen MR) is 113 cm³/mol. The predicted octanol–water partition coefficient (Wildman–Crippen LogP) is -0.0834. The van der Waals surface area contributed by atoms with Crippen LogP contribution in [0.3, 0.4) is 0 Å². The zero-order chi connectivity index (χ0) is 22.0. The second-order valence-electron chi connectivity index (χ2n) is 6.39. The molecule has 0 bridgehead atoms. The van der Waals surface area contributed by atoms with Gasteiger partial charge in [0.15, 0.2) is 11.2 Å². The Labute approximate surface area is 183 Å². The number of nitrogens with one attached hydrogen (secondary N) is 2. The minimum atomic E-state index is -1.20. The van der Waals surface area contributed by atoms with Gasteiger partial charge in [0.2, 0.25) is 5.91 Å². The number of hydrogen-bond donors (Lipinski definition) is 5. The van der Waals surface area contributed by atoms with Crippen molar-refractivity contribution in [3.05, 3.63) is 22.8 Å². The van der Waals surface area contributed by atoms with Crippen LogP contribution in [0, 0.1) is 0 Å². The number of aliphatic carboxylic acids is 2. The maximum atomic E-state index is 12.9. The highest BCUT2D eigenvalue weighted by Gasteiger charge is 2.52. The Bertz CT molecular complexity index is 948. The van der Waals surface area contributed by atoms with Crippen LogP contribution in [0.2, 0.25) is 0 Å². The summed E-state index contributed by atoms with van der Waals surface area (Å²) in [6, 6.07) is -2.42. The van der Waals surface area contributed by atoms with E-state index in [0.717, 1.165) is 23.1 Å². The monoisotopic (exact) mass is 471 g/mol. The van der Waals surface area contributed by atoms with E-state index in [9.17, 15) is 24.3 Å². The first-order chi connectivity index (χ1) is 14.2. The number of thioether (sulfide) groups is 1. The van der Waals surface area contributed by atoms with Gasteiger partial charge < -0.3 is 26.6 Å². The van der Waals surface area contributed by atoms with Crippen molar-refractivity contribution in [3.63, 3.8) is 0 Å². The zero-order valence-electron chi connectivity index (χ0n) is 15.2. The average molecular weight is 472 g/mol. The van der Waals surface area contributed by atoms with Crippen molar-refractivity contribution in [3.8, 4) is 0 Å². The van der Waals surface area contributed by atoms with E-state index in [1.54, 1.807) is 5.38 Å². The number of anilines is 1. The van der Waals surface area contributed by atoms with Crippen molar-refractivity contribution >= 4 is 68.5 Å². The molecule has 0 aliphatic carbocycles. The Morgan fingerprint density at radius 3 is 2.77 bits per heavy atom. The average Bonchev–Trinajstić information content (AvgIpc) is 3.13. The fourth-order valence-electron chi connectivity index (χ4n) is 3.21. The molecule has 1 aromatic rings. The molecular weight excluding hydrogens is 454 g/mol. The summed E-state index contributed by atoms with van der Waals surface area (Å²) in [5.41, 5.74) is 5.83. The largest absolute Gasteiger partial charge is 0.481 e. The van der Waals surface area contributed by atoms with Crippen LogP contribution in [0.4, 0.5) is 5.13 Å². The summed E-state index contributed by atoms with van der Waals surface area (Å²) < 4.78 is 0.0689. The number of amides is 2. The van der Waals surface area contributed by atoms with E-state index in [1.165, 1.54) is 11.0 Å². The van der Waals surface area contributed by atoms with Crippen LogP contribution >= 0.6 is 35.3 Å². The van der Waals surface area contributed by atoms with Gasteiger partial charge in [0.1, 0.15) is 16.1 Å². The van der Waals surface area contributed by atoms with E-state index >= 15 is 0 Å². The van der Waals surface area contributed by atoms with Crippen LogP contribution in [0.1, 0.15) is 24.6 Å². The highest BCUT2D eigenvalue weighted by atomic mass is 32.2. The lowest BCUT2D eigenvalue weighted by Crippen LogP contribution is -2.71. The van der Waals surface area contributed by atoms with Crippen molar-refractivity contribution in [2.45, 2.75) is 31.0 Å². The summed E-state index contributed by atoms with van der Waals surface area (Å²) in [6.45, 7) is 0. The molecule has 160 valence electrons. The number of thiazole rings is 1. The summed E-state index contributed by atoms with van der Waals surface area (Å²) in [7, 11) is 0. The van der Waals surface area contributed by atoms with Crippen molar-refractivity contribution < 1.29 is 29.4 Å².